The van der Waals surface area contributed by atoms with E-state index in [1.165, 1.54) is 4.90 Å². The second-order valence-electron chi connectivity index (χ2n) is 9.50. The molecule has 0 bridgehead atoms. The normalized spacial score (nSPS) is 12.7. The number of nitrogens with zero attached hydrogens (tertiary/aromatic N) is 2. The van der Waals surface area contributed by atoms with Gasteiger partial charge in [-0.1, -0.05) is 69.6 Å². The summed E-state index contributed by atoms with van der Waals surface area (Å²) in [4.78, 5) is 27.8. The van der Waals surface area contributed by atoms with Crippen LogP contribution in [0.3, 0.4) is 0 Å². The van der Waals surface area contributed by atoms with E-state index in [-0.39, 0.29) is 17.9 Å². The number of hydrogen-bond acceptors (Lipinski definition) is 4. The highest BCUT2D eigenvalue weighted by molar-refractivity contribution is 7.92. The summed E-state index contributed by atoms with van der Waals surface area (Å²) in [5.41, 5.74) is 2.00. The van der Waals surface area contributed by atoms with E-state index in [9.17, 15) is 18.0 Å². The molecular formula is C26H36ClN3O4S. The minimum atomic E-state index is -3.78. The Hall–Kier alpha value is -2.58. The van der Waals surface area contributed by atoms with E-state index in [0.717, 1.165) is 16.1 Å². The first-order chi connectivity index (χ1) is 16.3. The molecule has 0 heterocycles. The quantitative estimate of drug-likeness (QED) is 0.503. The highest BCUT2D eigenvalue weighted by atomic mass is 35.5. The summed E-state index contributed by atoms with van der Waals surface area (Å²) < 4.78 is 26.5. The van der Waals surface area contributed by atoms with Crippen LogP contribution in [0.4, 0.5) is 5.69 Å². The van der Waals surface area contributed by atoms with E-state index < -0.39 is 28.5 Å². The molecule has 0 saturated carbocycles. The van der Waals surface area contributed by atoms with Gasteiger partial charge >= 0.3 is 0 Å². The van der Waals surface area contributed by atoms with E-state index >= 15 is 0 Å². The van der Waals surface area contributed by atoms with Gasteiger partial charge < -0.3 is 10.2 Å². The highest BCUT2D eigenvalue weighted by Crippen LogP contribution is 2.26. The standard InChI is InChI=1S/C26H36ClN3O4S/c1-7-23(25(32)28-8-2)29(17-19-11-9-10-12-22(19)27)24(31)18-30(35(6,33)34)21-15-13-20(14-16-21)26(3,4)5/h9-16,23H,7-8,17-18H2,1-6H3,(H,28,32). The molecule has 2 rings (SSSR count). The van der Waals surface area contributed by atoms with Crippen molar-refractivity contribution in [1.29, 1.82) is 0 Å². The maximum atomic E-state index is 13.6. The molecule has 9 heteroatoms. The first-order valence-corrected chi connectivity index (χ1v) is 13.9. The van der Waals surface area contributed by atoms with Gasteiger partial charge in [0.2, 0.25) is 21.8 Å². The summed E-state index contributed by atoms with van der Waals surface area (Å²) in [7, 11) is -3.78. The van der Waals surface area contributed by atoms with Gasteiger partial charge in [0.15, 0.2) is 0 Å². The Bertz CT molecular complexity index is 1130. The van der Waals surface area contributed by atoms with Crippen LogP contribution in [-0.2, 0) is 31.6 Å². The molecule has 0 saturated heterocycles. The van der Waals surface area contributed by atoms with Gasteiger partial charge in [0.05, 0.1) is 11.9 Å². The number of rotatable bonds is 10. The Morgan fingerprint density at radius 3 is 2.11 bits per heavy atom. The maximum Gasteiger partial charge on any atom is 0.244 e. The van der Waals surface area contributed by atoms with Crippen molar-refractivity contribution in [1.82, 2.24) is 10.2 Å². The van der Waals surface area contributed by atoms with Crippen LogP contribution >= 0.6 is 11.6 Å². The van der Waals surface area contributed by atoms with Gasteiger partial charge in [0, 0.05) is 18.1 Å². The zero-order valence-electron chi connectivity index (χ0n) is 21.3. The number of carbonyl (C=O) groups is 2. The molecule has 1 unspecified atom stereocenters. The number of anilines is 1. The number of likely N-dealkylation sites (N-methyl/N-ethyl adjacent to an activating group) is 1. The van der Waals surface area contributed by atoms with Gasteiger partial charge in [-0.25, -0.2) is 8.42 Å². The van der Waals surface area contributed by atoms with Crippen molar-refractivity contribution in [3.8, 4) is 0 Å². The average Bonchev–Trinajstić information content (AvgIpc) is 2.77. The van der Waals surface area contributed by atoms with Crippen molar-refractivity contribution in [2.45, 2.75) is 59.0 Å². The number of hydrogen-bond donors (Lipinski definition) is 1. The molecule has 192 valence electrons. The van der Waals surface area contributed by atoms with Crippen LogP contribution in [0.25, 0.3) is 0 Å². The molecule has 0 aliphatic rings. The van der Waals surface area contributed by atoms with Crippen LogP contribution in [0, 0.1) is 0 Å². The van der Waals surface area contributed by atoms with E-state index in [4.69, 9.17) is 11.6 Å². The smallest absolute Gasteiger partial charge is 0.244 e. The molecule has 7 nitrogen and oxygen atoms in total. The topological polar surface area (TPSA) is 86.8 Å². The second-order valence-corrected chi connectivity index (χ2v) is 11.8. The van der Waals surface area contributed by atoms with Crippen molar-refractivity contribution >= 4 is 39.1 Å². The summed E-state index contributed by atoms with van der Waals surface area (Å²) in [6.45, 7) is 9.88. The summed E-state index contributed by atoms with van der Waals surface area (Å²) >= 11 is 6.34. The monoisotopic (exact) mass is 521 g/mol. The molecule has 35 heavy (non-hydrogen) atoms. The van der Waals surface area contributed by atoms with Crippen LogP contribution in [0.2, 0.25) is 5.02 Å². The number of halogens is 1. The predicted octanol–water partition coefficient (Wildman–Crippen LogP) is 4.35. The van der Waals surface area contributed by atoms with Crippen molar-refractivity contribution < 1.29 is 18.0 Å². The summed E-state index contributed by atoms with van der Waals surface area (Å²) in [5, 5.41) is 3.24. The molecule has 0 aliphatic carbocycles. The lowest BCUT2D eigenvalue weighted by Gasteiger charge is -2.33. The number of benzene rings is 2. The first-order valence-electron chi connectivity index (χ1n) is 11.7. The molecule has 1 N–H and O–H groups in total. The third-order valence-electron chi connectivity index (χ3n) is 5.74. The first kappa shape index (κ1) is 28.7. The number of sulfonamides is 1. The molecular weight excluding hydrogens is 486 g/mol. The van der Waals surface area contributed by atoms with Crippen LogP contribution in [0.15, 0.2) is 48.5 Å². The summed E-state index contributed by atoms with van der Waals surface area (Å²) in [5.74, 6) is -0.788. The lowest BCUT2D eigenvalue weighted by atomic mass is 9.87. The zero-order valence-corrected chi connectivity index (χ0v) is 22.9. The highest BCUT2D eigenvalue weighted by Gasteiger charge is 2.32. The molecule has 1 atom stereocenters. The Labute approximate surface area is 214 Å². The molecule has 0 fully saturated rings. The van der Waals surface area contributed by atoms with Gasteiger partial charge in [-0.2, -0.15) is 0 Å². The van der Waals surface area contributed by atoms with Gasteiger partial charge in [-0.3, -0.25) is 13.9 Å². The molecule has 2 aromatic carbocycles. The second kappa shape index (κ2) is 11.9. The van der Waals surface area contributed by atoms with Crippen molar-refractivity contribution in [3.05, 3.63) is 64.7 Å². The van der Waals surface area contributed by atoms with Crippen molar-refractivity contribution in [2.75, 3.05) is 23.7 Å². The largest absolute Gasteiger partial charge is 0.355 e. The predicted molar refractivity (Wildman–Crippen MR) is 142 cm³/mol. The maximum absolute atomic E-state index is 13.6. The number of carbonyl (C=O) groups excluding carboxylic acids is 2. The fourth-order valence-corrected chi connectivity index (χ4v) is 4.81. The minimum Gasteiger partial charge on any atom is -0.355 e. The molecule has 0 radical (unpaired) electrons. The van der Waals surface area contributed by atoms with E-state index in [2.05, 4.69) is 26.1 Å². The molecule has 2 amide bonds. The summed E-state index contributed by atoms with van der Waals surface area (Å²) in [6, 6.07) is 13.4. The fourth-order valence-electron chi connectivity index (χ4n) is 3.76. The zero-order chi connectivity index (χ0) is 26.4. The Morgan fingerprint density at radius 1 is 1.03 bits per heavy atom. The van der Waals surface area contributed by atoms with Gasteiger partial charge in [-0.05, 0) is 48.1 Å². The minimum absolute atomic E-state index is 0.0781. The molecule has 0 spiro atoms. The lowest BCUT2D eigenvalue weighted by Crippen LogP contribution is -2.52. The molecule has 2 aromatic rings. The van der Waals surface area contributed by atoms with Crippen LogP contribution in [-0.4, -0.2) is 50.5 Å². The lowest BCUT2D eigenvalue weighted by molar-refractivity contribution is -0.140. The molecule has 0 aromatic heterocycles. The van der Waals surface area contributed by atoms with Gasteiger partial charge in [0.25, 0.3) is 0 Å². The Morgan fingerprint density at radius 2 is 1.63 bits per heavy atom. The fraction of sp³-hybridized carbons (Fsp3) is 0.462. The average molecular weight is 522 g/mol. The van der Waals surface area contributed by atoms with E-state index in [0.29, 0.717) is 29.2 Å². The Balaban J connectivity index is 2.45. The Kier molecular flexibility index (Phi) is 9.75. The van der Waals surface area contributed by atoms with Gasteiger partial charge in [0.1, 0.15) is 12.6 Å². The number of amides is 2. The van der Waals surface area contributed by atoms with Gasteiger partial charge in [-0.15, -0.1) is 0 Å². The van der Waals surface area contributed by atoms with E-state index in [1.54, 1.807) is 43.3 Å². The number of nitrogens with one attached hydrogen (secondary N) is 1. The van der Waals surface area contributed by atoms with Crippen LogP contribution in [0.5, 0.6) is 0 Å². The van der Waals surface area contributed by atoms with Crippen LogP contribution in [0.1, 0.15) is 52.2 Å². The third kappa shape index (κ3) is 7.70. The van der Waals surface area contributed by atoms with E-state index in [1.807, 2.05) is 19.1 Å². The van der Waals surface area contributed by atoms with Crippen molar-refractivity contribution in [3.63, 3.8) is 0 Å². The SMILES string of the molecule is CCNC(=O)C(CC)N(Cc1ccccc1Cl)C(=O)CN(c1ccc(C(C)(C)C)cc1)S(C)(=O)=O. The third-order valence-corrected chi connectivity index (χ3v) is 7.25. The summed E-state index contributed by atoms with van der Waals surface area (Å²) in [6.07, 6.45) is 1.43. The van der Waals surface area contributed by atoms with Crippen molar-refractivity contribution in [2.24, 2.45) is 0 Å². The molecule has 0 aliphatic heterocycles. The van der Waals surface area contributed by atoms with Crippen LogP contribution < -0.4 is 9.62 Å².